The number of nitrogens with two attached hydrogens (primary N) is 1. The molecule has 0 bridgehead atoms. The van der Waals surface area contributed by atoms with Gasteiger partial charge in [-0.1, -0.05) is 0 Å². The van der Waals surface area contributed by atoms with Crippen molar-refractivity contribution in [3.8, 4) is 5.88 Å². The molecule has 0 saturated heterocycles. The minimum absolute atomic E-state index is 0. The van der Waals surface area contributed by atoms with Crippen molar-refractivity contribution in [2.24, 2.45) is 5.73 Å². The van der Waals surface area contributed by atoms with Crippen molar-refractivity contribution in [2.45, 2.75) is 0 Å². The summed E-state index contributed by atoms with van der Waals surface area (Å²) in [6, 6.07) is 0. The minimum Gasteiger partial charge on any atom is -0.480 e. The molecule has 0 aliphatic carbocycles. The van der Waals surface area contributed by atoms with E-state index in [4.69, 9.17) is 10.5 Å². The molecule has 5 heteroatoms. The van der Waals surface area contributed by atoms with Crippen LogP contribution in [0.15, 0.2) is 12.4 Å². The van der Waals surface area contributed by atoms with Gasteiger partial charge < -0.3 is 10.5 Å². The first-order chi connectivity index (χ1) is 5.24. The van der Waals surface area contributed by atoms with Gasteiger partial charge in [0.2, 0.25) is 5.88 Å². The van der Waals surface area contributed by atoms with Gasteiger partial charge in [0.05, 0.1) is 19.5 Å². The van der Waals surface area contributed by atoms with Crippen LogP contribution in [-0.4, -0.2) is 23.0 Å². The topological polar surface area (TPSA) is 78.1 Å². The highest BCUT2D eigenvalue weighted by Crippen LogP contribution is 2.01. The van der Waals surface area contributed by atoms with Gasteiger partial charge >= 0.3 is 0 Å². The van der Waals surface area contributed by atoms with Gasteiger partial charge in [-0.2, -0.15) is 0 Å². The van der Waals surface area contributed by atoms with Crippen LogP contribution in [0.1, 0.15) is 11.9 Å². The largest absolute Gasteiger partial charge is 0.480 e. The molecular formula is C6H9N3O2. The van der Waals surface area contributed by atoms with E-state index < -0.39 is 5.91 Å². The number of nitrogens with zero attached hydrogens (tertiary/aromatic N) is 2. The standard InChI is InChI=1S/C6H7N3O2.H2/c1-11-5-3-8-4(2-9-5)6(7)10;/h2-3H,1H3,(H2,7,10);1H. The van der Waals surface area contributed by atoms with E-state index in [-0.39, 0.29) is 7.12 Å². The van der Waals surface area contributed by atoms with E-state index in [1.165, 1.54) is 19.5 Å². The van der Waals surface area contributed by atoms with Crippen LogP contribution in [-0.2, 0) is 0 Å². The zero-order valence-corrected chi connectivity index (χ0v) is 5.94. The monoisotopic (exact) mass is 155 g/mol. The number of amides is 1. The van der Waals surface area contributed by atoms with Crippen LogP contribution in [0, 0.1) is 0 Å². The Morgan fingerprint density at radius 1 is 1.64 bits per heavy atom. The SMILES string of the molecule is COc1cnc(C(N)=O)cn1.[HH]. The van der Waals surface area contributed by atoms with Crippen LogP contribution in [0.5, 0.6) is 5.88 Å². The molecule has 60 valence electrons. The van der Waals surface area contributed by atoms with Crippen molar-refractivity contribution in [1.29, 1.82) is 0 Å². The molecule has 0 radical (unpaired) electrons. The van der Waals surface area contributed by atoms with E-state index in [0.29, 0.717) is 5.88 Å². The molecule has 1 heterocycles. The van der Waals surface area contributed by atoms with Crippen molar-refractivity contribution < 1.29 is 11.0 Å². The van der Waals surface area contributed by atoms with Crippen molar-refractivity contribution in [3.05, 3.63) is 18.1 Å². The van der Waals surface area contributed by atoms with Crippen LogP contribution in [0.4, 0.5) is 0 Å². The molecule has 2 N–H and O–H groups in total. The maximum atomic E-state index is 10.5. The third-order valence-corrected chi connectivity index (χ3v) is 1.09. The average molecular weight is 155 g/mol. The summed E-state index contributed by atoms with van der Waals surface area (Å²) < 4.78 is 4.72. The molecule has 0 aromatic carbocycles. The average Bonchev–Trinajstić information content (AvgIpc) is 2.05. The van der Waals surface area contributed by atoms with Crippen LogP contribution in [0.25, 0.3) is 0 Å². The number of hydrogen-bond acceptors (Lipinski definition) is 4. The van der Waals surface area contributed by atoms with Gasteiger partial charge in [0.1, 0.15) is 5.69 Å². The Morgan fingerprint density at radius 3 is 2.73 bits per heavy atom. The Labute approximate surface area is 64.7 Å². The van der Waals surface area contributed by atoms with Crippen LogP contribution in [0.2, 0.25) is 0 Å². The molecule has 1 amide bonds. The Morgan fingerprint density at radius 2 is 2.36 bits per heavy atom. The Hall–Kier alpha value is -1.65. The predicted molar refractivity (Wildman–Crippen MR) is 39.2 cm³/mol. The van der Waals surface area contributed by atoms with Crippen LogP contribution in [0.3, 0.4) is 0 Å². The first kappa shape index (κ1) is 7.46. The third kappa shape index (κ3) is 1.64. The van der Waals surface area contributed by atoms with E-state index >= 15 is 0 Å². The highest BCUT2D eigenvalue weighted by molar-refractivity contribution is 5.90. The molecule has 5 nitrogen and oxygen atoms in total. The van der Waals surface area contributed by atoms with Crippen LogP contribution < -0.4 is 10.5 Å². The second-order valence-corrected chi connectivity index (χ2v) is 1.81. The summed E-state index contributed by atoms with van der Waals surface area (Å²) in [5.41, 5.74) is 5.05. The van der Waals surface area contributed by atoms with Gasteiger partial charge in [0.15, 0.2) is 0 Å². The fourth-order valence-corrected chi connectivity index (χ4v) is 0.549. The van der Waals surface area contributed by atoms with Crippen molar-refractivity contribution >= 4 is 5.91 Å². The molecule has 1 aromatic rings. The van der Waals surface area contributed by atoms with Crippen molar-refractivity contribution in [3.63, 3.8) is 0 Å². The fraction of sp³-hybridized carbons (Fsp3) is 0.167. The second-order valence-electron chi connectivity index (χ2n) is 1.81. The van der Waals surface area contributed by atoms with E-state index in [2.05, 4.69) is 9.97 Å². The summed E-state index contributed by atoms with van der Waals surface area (Å²) in [5.74, 6) is -0.241. The third-order valence-electron chi connectivity index (χ3n) is 1.09. The number of aromatic nitrogens is 2. The summed E-state index contributed by atoms with van der Waals surface area (Å²) in [7, 11) is 1.47. The molecule has 1 aromatic heterocycles. The number of primary amides is 1. The second kappa shape index (κ2) is 2.96. The Kier molecular flexibility index (Phi) is 2.00. The molecule has 0 unspecified atom stereocenters. The van der Waals surface area contributed by atoms with E-state index in [1.807, 2.05) is 0 Å². The molecule has 11 heavy (non-hydrogen) atoms. The lowest BCUT2D eigenvalue weighted by atomic mass is 10.4. The highest BCUT2D eigenvalue weighted by Gasteiger charge is 2.01. The quantitative estimate of drug-likeness (QED) is 0.643. The van der Waals surface area contributed by atoms with Gasteiger partial charge in [-0.25, -0.2) is 9.97 Å². The zero-order valence-electron chi connectivity index (χ0n) is 5.94. The molecule has 0 spiro atoms. The smallest absolute Gasteiger partial charge is 0.268 e. The number of carbonyl (C=O) groups excluding carboxylic acids is 1. The number of methoxy groups -OCH3 is 1. The van der Waals surface area contributed by atoms with Gasteiger partial charge in [-0.3, -0.25) is 4.79 Å². The van der Waals surface area contributed by atoms with Crippen LogP contribution >= 0.6 is 0 Å². The number of ether oxygens (including phenoxy) is 1. The van der Waals surface area contributed by atoms with Crippen molar-refractivity contribution in [1.82, 2.24) is 9.97 Å². The summed E-state index contributed by atoms with van der Waals surface area (Å²) in [5, 5.41) is 0. The Bertz CT molecular complexity index is 262. The molecule has 0 atom stereocenters. The predicted octanol–water partition coefficient (Wildman–Crippen LogP) is -0.170. The van der Waals surface area contributed by atoms with E-state index in [9.17, 15) is 4.79 Å². The minimum atomic E-state index is -0.597. The first-order valence-corrected chi connectivity index (χ1v) is 2.90. The lowest BCUT2D eigenvalue weighted by molar-refractivity contribution is 0.0995. The van der Waals surface area contributed by atoms with Gasteiger partial charge in [0, 0.05) is 1.43 Å². The molecule has 1 rings (SSSR count). The summed E-state index contributed by atoms with van der Waals surface area (Å²) >= 11 is 0. The number of hydrogen-bond donors (Lipinski definition) is 1. The molecule has 0 fully saturated rings. The maximum Gasteiger partial charge on any atom is 0.268 e. The first-order valence-electron chi connectivity index (χ1n) is 2.90. The number of rotatable bonds is 2. The molecule has 0 aliphatic rings. The highest BCUT2D eigenvalue weighted by atomic mass is 16.5. The van der Waals surface area contributed by atoms with E-state index in [1.54, 1.807) is 0 Å². The summed E-state index contributed by atoms with van der Waals surface area (Å²) in [6.45, 7) is 0. The van der Waals surface area contributed by atoms with Gasteiger partial charge in [-0.05, 0) is 0 Å². The maximum absolute atomic E-state index is 10.5. The summed E-state index contributed by atoms with van der Waals surface area (Å²) in [4.78, 5) is 17.9. The Balaban J connectivity index is 0.00000121. The zero-order chi connectivity index (χ0) is 8.27. The van der Waals surface area contributed by atoms with E-state index in [0.717, 1.165) is 0 Å². The lowest BCUT2D eigenvalue weighted by Crippen LogP contribution is -2.13. The van der Waals surface area contributed by atoms with Gasteiger partial charge in [0.25, 0.3) is 5.91 Å². The molecular weight excluding hydrogens is 146 g/mol. The number of carbonyl (C=O) groups is 1. The molecule has 0 aliphatic heterocycles. The molecule has 0 saturated carbocycles. The normalized spacial score (nSPS) is 9.18. The fourth-order valence-electron chi connectivity index (χ4n) is 0.549. The lowest BCUT2D eigenvalue weighted by Gasteiger charge is -1.96. The van der Waals surface area contributed by atoms with Crippen molar-refractivity contribution in [2.75, 3.05) is 7.11 Å². The summed E-state index contributed by atoms with van der Waals surface area (Å²) in [6.07, 6.45) is 2.60. The van der Waals surface area contributed by atoms with Gasteiger partial charge in [-0.15, -0.1) is 0 Å².